The van der Waals surface area contributed by atoms with E-state index in [4.69, 9.17) is 21.1 Å². The van der Waals surface area contributed by atoms with E-state index in [0.717, 1.165) is 0 Å². The third kappa shape index (κ3) is 3.87. The van der Waals surface area contributed by atoms with E-state index in [1.54, 1.807) is 34.6 Å². The molecular formula is C14H24ClNO4. The number of carbonyl (C=O) groups is 1. The first-order valence-electron chi connectivity index (χ1n) is 6.60. The Labute approximate surface area is 125 Å². The molecule has 0 spiro atoms. The molecule has 0 aromatic rings. The number of carbonyl (C=O) groups excluding carboxylic acids is 1. The summed E-state index contributed by atoms with van der Waals surface area (Å²) in [6.45, 7) is 12.6. The van der Waals surface area contributed by atoms with Gasteiger partial charge in [-0.05, 0) is 34.6 Å². The fourth-order valence-corrected chi connectivity index (χ4v) is 2.27. The monoisotopic (exact) mass is 305 g/mol. The van der Waals surface area contributed by atoms with E-state index in [-0.39, 0.29) is 6.61 Å². The molecule has 1 aliphatic heterocycles. The van der Waals surface area contributed by atoms with Crippen LogP contribution in [-0.2, 0) is 9.47 Å². The number of alkyl halides is 1. The Morgan fingerprint density at radius 2 is 2.15 bits per heavy atom. The minimum absolute atomic E-state index is 0.199. The molecule has 5 nitrogen and oxygen atoms in total. The van der Waals surface area contributed by atoms with Gasteiger partial charge in [0.25, 0.3) is 0 Å². The molecule has 0 unspecified atom stereocenters. The minimum atomic E-state index is -0.969. The van der Waals surface area contributed by atoms with E-state index in [1.165, 1.54) is 11.0 Å². The van der Waals surface area contributed by atoms with Crippen molar-refractivity contribution < 1.29 is 19.4 Å². The molecular weight excluding hydrogens is 282 g/mol. The smallest absolute Gasteiger partial charge is 0.412 e. The molecule has 1 saturated heterocycles. The van der Waals surface area contributed by atoms with Crippen LogP contribution in [0, 0.1) is 0 Å². The Kier molecular flexibility index (Phi) is 5.11. The molecule has 0 aromatic carbocycles. The summed E-state index contributed by atoms with van der Waals surface area (Å²) in [5.41, 5.74) is -1.48. The molecule has 0 saturated carbocycles. The molecule has 0 aliphatic carbocycles. The van der Waals surface area contributed by atoms with Crippen LogP contribution in [0.4, 0.5) is 4.79 Å². The third-order valence-electron chi connectivity index (χ3n) is 3.05. The SMILES string of the molecule is C=C[C@H](Cl)[C@H](O)[C@@H]1COC(C)(C)N1C(=O)OC(C)(C)C. The molecule has 116 valence electrons. The van der Waals surface area contributed by atoms with Crippen LogP contribution in [0.1, 0.15) is 34.6 Å². The molecule has 20 heavy (non-hydrogen) atoms. The van der Waals surface area contributed by atoms with Crippen LogP contribution >= 0.6 is 11.6 Å². The van der Waals surface area contributed by atoms with Crippen molar-refractivity contribution in [1.82, 2.24) is 4.90 Å². The van der Waals surface area contributed by atoms with Gasteiger partial charge in [-0.1, -0.05) is 6.08 Å². The molecule has 1 amide bonds. The lowest BCUT2D eigenvalue weighted by Gasteiger charge is -2.37. The van der Waals surface area contributed by atoms with Gasteiger partial charge < -0.3 is 14.6 Å². The average Bonchev–Trinajstić information content (AvgIpc) is 2.60. The van der Waals surface area contributed by atoms with Crippen LogP contribution < -0.4 is 0 Å². The molecule has 0 bridgehead atoms. The first-order chi connectivity index (χ1) is 8.99. The molecule has 0 radical (unpaired) electrons. The summed E-state index contributed by atoms with van der Waals surface area (Å²) in [6, 6.07) is -0.569. The zero-order valence-electron chi connectivity index (χ0n) is 12.7. The highest BCUT2D eigenvalue weighted by molar-refractivity contribution is 6.22. The number of aliphatic hydroxyl groups is 1. The topological polar surface area (TPSA) is 59.0 Å². The normalized spacial score (nSPS) is 25.1. The van der Waals surface area contributed by atoms with Crippen molar-refractivity contribution in [2.75, 3.05) is 6.61 Å². The maximum Gasteiger partial charge on any atom is 0.412 e. The number of aliphatic hydroxyl groups excluding tert-OH is 1. The molecule has 3 atom stereocenters. The quantitative estimate of drug-likeness (QED) is 0.643. The number of halogens is 1. The van der Waals surface area contributed by atoms with E-state index in [0.29, 0.717) is 0 Å². The molecule has 0 aromatic heterocycles. The summed E-state index contributed by atoms with van der Waals surface area (Å²) in [5, 5.41) is 9.57. The fourth-order valence-electron chi connectivity index (χ4n) is 2.10. The van der Waals surface area contributed by atoms with Gasteiger partial charge in [0.1, 0.15) is 11.3 Å². The number of hydrogen-bond donors (Lipinski definition) is 1. The second-order valence-corrected chi connectivity index (χ2v) is 6.85. The molecule has 1 heterocycles. The van der Waals surface area contributed by atoms with Crippen molar-refractivity contribution in [3.05, 3.63) is 12.7 Å². The van der Waals surface area contributed by atoms with Crippen molar-refractivity contribution in [3.63, 3.8) is 0 Å². The summed E-state index contributed by atoms with van der Waals surface area (Å²) < 4.78 is 11.0. The summed E-state index contributed by atoms with van der Waals surface area (Å²) in [4.78, 5) is 13.8. The Hall–Kier alpha value is -0.780. The van der Waals surface area contributed by atoms with Gasteiger partial charge >= 0.3 is 6.09 Å². The van der Waals surface area contributed by atoms with E-state index in [2.05, 4.69) is 6.58 Å². The highest BCUT2D eigenvalue weighted by Crippen LogP contribution is 2.32. The zero-order chi connectivity index (χ0) is 15.7. The highest BCUT2D eigenvalue weighted by atomic mass is 35.5. The van der Waals surface area contributed by atoms with Gasteiger partial charge in [0, 0.05) is 0 Å². The van der Waals surface area contributed by atoms with Gasteiger partial charge in [-0.25, -0.2) is 4.79 Å². The predicted molar refractivity (Wildman–Crippen MR) is 77.7 cm³/mol. The van der Waals surface area contributed by atoms with E-state index in [1.807, 2.05) is 0 Å². The van der Waals surface area contributed by atoms with Crippen molar-refractivity contribution >= 4 is 17.7 Å². The van der Waals surface area contributed by atoms with Crippen LogP contribution in [0.2, 0.25) is 0 Å². The minimum Gasteiger partial charge on any atom is -0.444 e. The van der Waals surface area contributed by atoms with Crippen molar-refractivity contribution in [2.45, 2.75) is 63.5 Å². The average molecular weight is 306 g/mol. The van der Waals surface area contributed by atoms with Gasteiger partial charge in [0.15, 0.2) is 0 Å². The fraction of sp³-hybridized carbons (Fsp3) is 0.786. The van der Waals surface area contributed by atoms with Gasteiger partial charge in [0.2, 0.25) is 0 Å². The number of nitrogens with zero attached hydrogens (tertiary/aromatic N) is 1. The lowest BCUT2D eigenvalue weighted by Crippen LogP contribution is -2.54. The second-order valence-electron chi connectivity index (χ2n) is 6.35. The maximum atomic E-state index is 12.3. The van der Waals surface area contributed by atoms with Crippen molar-refractivity contribution in [2.24, 2.45) is 0 Å². The summed E-state index contributed by atoms with van der Waals surface area (Å²) in [7, 11) is 0. The first kappa shape index (κ1) is 17.3. The van der Waals surface area contributed by atoms with E-state index >= 15 is 0 Å². The maximum absolute atomic E-state index is 12.3. The third-order valence-corrected chi connectivity index (χ3v) is 3.49. The first-order valence-corrected chi connectivity index (χ1v) is 7.04. The van der Waals surface area contributed by atoms with Crippen LogP contribution in [0.15, 0.2) is 12.7 Å². The van der Waals surface area contributed by atoms with Crippen molar-refractivity contribution in [1.29, 1.82) is 0 Å². The Morgan fingerprint density at radius 1 is 1.60 bits per heavy atom. The standard InChI is InChI=1S/C14H24ClNO4/c1-7-9(15)11(17)10-8-19-14(5,6)16(10)12(18)20-13(2,3)4/h7,9-11,17H,1,8H2,2-6H3/t9-,10-,11-/m0/s1. The largest absolute Gasteiger partial charge is 0.444 e. The van der Waals surface area contributed by atoms with Gasteiger partial charge in [0.05, 0.1) is 24.1 Å². The van der Waals surface area contributed by atoms with Gasteiger partial charge in [-0.2, -0.15) is 0 Å². The molecule has 1 aliphatic rings. The van der Waals surface area contributed by atoms with Gasteiger partial charge in [-0.15, -0.1) is 18.2 Å². The van der Waals surface area contributed by atoms with E-state index in [9.17, 15) is 9.90 Å². The van der Waals surface area contributed by atoms with Crippen LogP contribution in [0.3, 0.4) is 0 Å². The number of amides is 1. The lowest BCUT2D eigenvalue weighted by molar-refractivity contribution is -0.0674. The van der Waals surface area contributed by atoms with Crippen LogP contribution in [-0.4, -0.2) is 51.6 Å². The Balaban J connectivity index is 2.96. The number of ether oxygens (including phenoxy) is 2. The Morgan fingerprint density at radius 3 is 2.60 bits per heavy atom. The molecule has 6 heteroatoms. The number of rotatable bonds is 3. The Bertz CT molecular complexity index is 378. The lowest BCUT2D eigenvalue weighted by atomic mass is 10.1. The molecule has 1 N–H and O–H groups in total. The summed E-state index contributed by atoms with van der Waals surface area (Å²) in [6.07, 6.45) is -0.0643. The highest BCUT2D eigenvalue weighted by Gasteiger charge is 2.49. The van der Waals surface area contributed by atoms with Crippen LogP contribution in [0.5, 0.6) is 0 Å². The number of hydrogen-bond acceptors (Lipinski definition) is 4. The van der Waals surface area contributed by atoms with Gasteiger partial charge in [-0.3, -0.25) is 4.90 Å². The summed E-state index contributed by atoms with van der Waals surface area (Å²) >= 11 is 5.99. The van der Waals surface area contributed by atoms with Crippen LogP contribution in [0.25, 0.3) is 0 Å². The molecule has 1 fully saturated rings. The zero-order valence-corrected chi connectivity index (χ0v) is 13.5. The molecule has 1 rings (SSSR count). The predicted octanol–water partition coefficient (Wildman–Crippen LogP) is 2.51. The van der Waals surface area contributed by atoms with E-state index < -0.39 is 34.9 Å². The summed E-state index contributed by atoms with van der Waals surface area (Å²) in [5.74, 6) is 0. The second kappa shape index (κ2) is 5.92. The van der Waals surface area contributed by atoms with Crippen molar-refractivity contribution in [3.8, 4) is 0 Å².